The second-order valence-corrected chi connectivity index (χ2v) is 8.93. The van der Waals surface area contributed by atoms with Crippen LogP contribution in [0, 0.1) is 5.92 Å². The number of hydrogen-bond donors (Lipinski definition) is 0. The van der Waals surface area contributed by atoms with Gasteiger partial charge in [-0.05, 0) is 18.6 Å². The Morgan fingerprint density at radius 1 is 1.15 bits per heavy atom. The molecule has 0 bridgehead atoms. The van der Waals surface area contributed by atoms with Crippen molar-refractivity contribution < 1.29 is 17.9 Å². The smallest absolute Gasteiger partial charge is 0.244 e. The molecule has 3 rings (SSSR count). The van der Waals surface area contributed by atoms with E-state index in [1.54, 1.807) is 12.1 Å². The summed E-state index contributed by atoms with van der Waals surface area (Å²) in [5, 5.41) is 0. The van der Waals surface area contributed by atoms with Crippen LogP contribution >= 0.6 is 0 Å². The molecule has 150 valence electrons. The molecule has 2 aliphatic heterocycles. The van der Waals surface area contributed by atoms with Crippen molar-refractivity contribution in [3.63, 3.8) is 0 Å². The number of morpholine rings is 1. The summed E-state index contributed by atoms with van der Waals surface area (Å²) in [6.07, 6.45) is 2.27. The van der Waals surface area contributed by atoms with Crippen LogP contribution in [0.1, 0.15) is 20.3 Å². The Morgan fingerprint density at radius 3 is 2.37 bits per heavy atom. The Labute approximate surface area is 161 Å². The Balaban J connectivity index is 1.62. The molecule has 9 heteroatoms. The molecule has 0 radical (unpaired) electrons. The molecule has 1 aromatic rings. The lowest BCUT2D eigenvalue weighted by atomic mass is 10.1. The maximum absolute atomic E-state index is 12.7. The zero-order valence-electron chi connectivity index (χ0n) is 16.0. The minimum atomic E-state index is -3.52. The number of carbonyl (C=O) groups excluding carboxylic acids is 1. The first kappa shape index (κ1) is 20.0. The molecule has 2 fully saturated rings. The number of carbonyl (C=O) groups is 1. The molecule has 0 aliphatic carbocycles. The number of sulfonamides is 1. The second-order valence-electron chi connectivity index (χ2n) is 6.99. The van der Waals surface area contributed by atoms with Crippen molar-refractivity contribution >= 4 is 21.7 Å². The normalized spacial score (nSPS) is 20.5. The first-order valence-corrected chi connectivity index (χ1v) is 10.9. The molecule has 2 aliphatic rings. The van der Waals surface area contributed by atoms with Gasteiger partial charge in [-0.15, -0.1) is 0 Å². The van der Waals surface area contributed by atoms with E-state index in [0.717, 1.165) is 12.2 Å². The SMILES string of the molecule is CC[C@@H](C)C(=O)N1CCN(c2ccc(S(=O)(=O)N3CCOCC3)cn2)CC1. The van der Waals surface area contributed by atoms with Gasteiger partial charge in [0.1, 0.15) is 10.7 Å². The van der Waals surface area contributed by atoms with Crippen LogP contribution in [0.5, 0.6) is 0 Å². The van der Waals surface area contributed by atoms with Crippen molar-refractivity contribution in [1.29, 1.82) is 0 Å². The van der Waals surface area contributed by atoms with Crippen LogP contribution in [0.3, 0.4) is 0 Å². The molecule has 8 nitrogen and oxygen atoms in total. The molecule has 0 saturated carbocycles. The van der Waals surface area contributed by atoms with Crippen LogP contribution in [0.2, 0.25) is 0 Å². The molecular weight excluding hydrogens is 368 g/mol. The van der Waals surface area contributed by atoms with Crippen LogP contribution in [0.25, 0.3) is 0 Å². The average Bonchev–Trinajstić information content (AvgIpc) is 2.73. The second kappa shape index (κ2) is 8.53. The van der Waals surface area contributed by atoms with Crippen LogP contribution in [0.15, 0.2) is 23.2 Å². The van der Waals surface area contributed by atoms with Gasteiger partial charge in [0.05, 0.1) is 13.2 Å². The topological polar surface area (TPSA) is 83.1 Å². The van der Waals surface area contributed by atoms with Gasteiger partial charge in [-0.25, -0.2) is 13.4 Å². The molecule has 2 saturated heterocycles. The first-order chi connectivity index (χ1) is 12.9. The summed E-state index contributed by atoms with van der Waals surface area (Å²) in [4.78, 5) is 20.9. The molecule has 0 spiro atoms. The number of rotatable bonds is 5. The summed E-state index contributed by atoms with van der Waals surface area (Å²) in [5.74, 6) is 1.00. The van der Waals surface area contributed by atoms with Gasteiger partial charge >= 0.3 is 0 Å². The third kappa shape index (κ3) is 4.41. The Hall–Kier alpha value is -1.71. The zero-order chi connectivity index (χ0) is 19.4. The van der Waals surface area contributed by atoms with Crippen molar-refractivity contribution in [1.82, 2.24) is 14.2 Å². The molecule has 0 N–H and O–H groups in total. The average molecular weight is 397 g/mol. The Kier molecular flexibility index (Phi) is 6.33. The van der Waals surface area contributed by atoms with Gasteiger partial charge in [-0.1, -0.05) is 13.8 Å². The highest BCUT2D eigenvalue weighted by atomic mass is 32.2. The van der Waals surface area contributed by atoms with E-state index in [1.165, 1.54) is 10.5 Å². The third-order valence-corrected chi connectivity index (χ3v) is 7.16. The zero-order valence-corrected chi connectivity index (χ0v) is 16.8. The van der Waals surface area contributed by atoms with E-state index in [4.69, 9.17) is 4.74 Å². The quantitative estimate of drug-likeness (QED) is 0.732. The monoisotopic (exact) mass is 396 g/mol. The number of anilines is 1. The summed E-state index contributed by atoms with van der Waals surface area (Å²) >= 11 is 0. The van der Waals surface area contributed by atoms with Gasteiger partial charge in [0.25, 0.3) is 0 Å². The summed E-state index contributed by atoms with van der Waals surface area (Å²) in [7, 11) is -3.52. The molecule has 1 atom stereocenters. The maximum Gasteiger partial charge on any atom is 0.244 e. The predicted octanol–water partition coefficient (Wildman–Crippen LogP) is 0.797. The lowest BCUT2D eigenvalue weighted by molar-refractivity contribution is -0.135. The third-order valence-electron chi connectivity index (χ3n) is 5.28. The predicted molar refractivity (Wildman–Crippen MR) is 102 cm³/mol. The van der Waals surface area contributed by atoms with Gasteiger partial charge in [0, 0.05) is 51.4 Å². The highest BCUT2D eigenvalue weighted by Crippen LogP contribution is 2.20. The summed E-state index contributed by atoms with van der Waals surface area (Å²) < 4.78 is 32.0. The molecular formula is C18H28N4O4S. The largest absolute Gasteiger partial charge is 0.379 e. The molecule has 0 aromatic carbocycles. The van der Waals surface area contributed by atoms with E-state index in [9.17, 15) is 13.2 Å². The van der Waals surface area contributed by atoms with Crippen LogP contribution in [0.4, 0.5) is 5.82 Å². The highest BCUT2D eigenvalue weighted by molar-refractivity contribution is 7.89. The Morgan fingerprint density at radius 2 is 1.81 bits per heavy atom. The van der Waals surface area contributed by atoms with E-state index in [0.29, 0.717) is 52.5 Å². The number of ether oxygens (including phenoxy) is 1. The van der Waals surface area contributed by atoms with Gasteiger partial charge in [-0.2, -0.15) is 4.31 Å². The molecule has 0 unspecified atom stereocenters. The minimum Gasteiger partial charge on any atom is -0.379 e. The van der Waals surface area contributed by atoms with E-state index < -0.39 is 10.0 Å². The fraction of sp³-hybridized carbons (Fsp3) is 0.667. The lowest BCUT2D eigenvalue weighted by Crippen LogP contribution is -2.50. The number of pyridine rings is 1. The van der Waals surface area contributed by atoms with Crippen molar-refractivity contribution in [2.45, 2.75) is 25.2 Å². The number of nitrogens with zero attached hydrogens (tertiary/aromatic N) is 4. The molecule has 27 heavy (non-hydrogen) atoms. The number of amides is 1. The van der Waals surface area contributed by atoms with Gasteiger partial charge in [0.15, 0.2) is 0 Å². The van der Waals surface area contributed by atoms with E-state index in [-0.39, 0.29) is 16.7 Å². The van der Waals surface area contributed by atoms with E-state index in [1.807, 2.05) is 18.7 Å². The van der Waals surface area contributed by atoms with Crippen molar-refractivity contribution in [2.24, 2.45) is 5.92 Å². The van der Waals surface area contributed by atoms with Crippen LogP contribution < -0.4 is 4.90 Å². The van der Waals surface area contributed by atoms with Crippen molar-refractivity contribution in [3.05, 3.63) is 18.3 Å². The van der Waals surface area contributed by atoms with Crippen LogP contribution in [-0.4, -0.2) is 81.0 Å². The summed E-state index contributed by atoms with van der Waals surface area (Å²) in [6, 6.07) is 3.36. The maximum atomic E-state index is 12.7. The van der Waals surface area contributed by atoms with E-state index >= 15 is 0 Å². The molecule has 1 aromatic heterocycles. The summed E-state index contributed by atoms with van der Waals surface area (Å²) in [6.45, 7) is 8.30. The lowest BCUT2D eigenvalue weighted by Gasteiger charge is -2.36. The van der Waals surface area contributed by atoms with E-state index in [2.05, 4.69) is 9.88 Å². The minimum absolute atomic E-state index is 0.0550. The fourth-order valence-corrected chi connectivity index (χ4v) is 4.64. The van der Waals surface area contributed by atoms with Crippen molar-refractivity contribution in [3.8, 4) is 0 Å². The number of aromatic nitrogens is 1. The summed E-state index contributed by atoms with van der Waals surface area (Å²) in [5.41, 5.74) is 0. The van der Waals surface area contributed by atoms with Gasteiger partial charge < -0.3 is 14.5 Å². The van der Waals surface area contributed by atoms with Gasteiger partial charge in [-0.3, -0.25) is 4.79 Å². The Bertz CT molecular complexity index is 739. The fourth-order valence-electron chi connectivity index (χ4n) is 3.29. The molecule has 3 heterocycles. The van der Waals surface area contributed by atoms with Crippen molar-refractivity contribution in [2.75, 3.05) is 57.4 Å². The van der Waals surface area contributed by atoms with Crippen LogP contribution in [-0.2, 0) is 19.6 Å². The number of hydrogen-bond acceptors (Lipinski definition) is 6. The molecule has 1 amide bonds. The standard InChI is InChI=1S/C18H28N4O4S/c1-3-15(2)18(23)21-8-6-20(7-9-21)17-5-4-16(14-19-17)27(24,25)22-10-12-26-13-11-22/h4-5,14-15H,3,6-13H2,1-2H3/t15-/m1/s1. The number of piperazine rings is 1. The highest BCUT2D eigenvalue weighted by Gasteiger charge is 2.28. The first-order valence-electron chi connectivity index (χ1n) is 9.51. The van der Waals surface area contributed by atoms with Gasteiger partial charge in [0.2, 0.25) is 15.9 Å².